The monoisotopic (exact) mass is 349 g/mol. The van der Waals surface area contributed by atoms with E-state index in [1.165, 1.54) is 11.3 Å². The summed E-state index contributed by atoms with van der Waals surface area (Å²) < 4.78 is 0. The predicted molar refractivity (Wildman–Crippen MR) is 91.7 cm³/mol. The van der Waals surface area contributed by atoms with E-state index in [0.717, 1.165) is 29.1 Å². The molecule has 5 nitrogen and oxygen atoms in total. The molecule has 2 aromatic heterocycles. The fourth-order valence-electron chi connectivity index (χ4n) is 2.75. The number of likely N-dealkylation sites (tertiary alicyclic amines) is 1. The largest absolute Gasteiger partial charge is 0.348 e. The average molecular weight is 349 g/mol. The Kier molecular flexibility index (Phi) is 5.07. The number of piperidine rings is 1. The van der Waals surface area contributed by atoms with Crippen LogP contribution in [-0.4, -0.2) is 34.3 Å². The van der Waals surface area contributed by atoms with E-state index in [1.54, 1.807) is 22.4 Å². The van der Waals surface area contributed by atoms with E-state index in [0.29, 0.717) is 18.0 Å². The van der Waals surface area contributed by atoms with Gasteiger partial charge in [0.05, 0.1) is 11.4 Å². The molecular weight excluding hydrogens is 330 g/mol. The maximum Gasteiger partial charge on any atom is 0.264 e. The van der Waals surface area contributed by atoms with E-state index in [2.05, 4.69) is 10.3 Å². The van der Waals surface area contributed by atoms with Crippen LogP contribution in [0.2, 0.25) is 0 Å². The number of aromatic nitrogens is 1. The zero-order valence-electron chi connectivity index (χ0n) is 12.9. The van der Waals surface area contributed by atoms with Crippen LogP contribution in [0.25, 0.3) is 0 Å². The van der Waals surface area contributed by atoms with Gasteiger partial charge in [-0.3, -0.25) is 9.59 Å². The highest BCUT2D eigenvalue weighted by molar-refractivity contribution is 7.12. The van der Waals surface area contributed by atoms with E-state index in [4.69, 9.17) is 0 Å². The third kappa shape index (κ3) is 3.79. The third-order valence-electron chi connectivity index (χ3n) is 3.88. The summed E-state index contributed by atoms with van der Waals surface area (Å²) in [6.45, 7) is 3.06. The van der Waals surface area contributed by atoms with Crippen LogP contribution in [0.15, 0.2) is 23.7 Å². The van der Waals surface area contributed by atoms with Crippen molar-refractivity contribution in [3.8, 4) is 0 Å². The molecule has 0 spiro atoms. The lowest BCUT2D eigenvalue weighted by Crippen LogP contribution is -2.51. The third-order valence-corrected chi connectivity index (χ3v) is 5.65. The summed E-state index contributed by atoms with van der Waals surface area (Å²) in [6, 6.07) is 3.30. The fourth-order valence-corrected chi connectivity index (χ4v) is 4.16. The molecule has 2 aromatic rings. The first kappa shape index (κ1) is 16.1. The van der Waals surface area contributed by atoms with Gasteiger partial charge in [-0.1, -0.05) is 6.07 Å². The summed E-state index contributed by atoms with van der Waals surface area (Å²) in [4.78, 5) is 32.9. The lowest BCUT2D eigenvalue weighted by Gasteiger charge is -2.34. The van der Waals surface area contributed by atoms with Gasteiger partial charge in [0.15, 0.2) is 0 Å². The number of hydrogen-bond acceptors (Lipinski definition) is 5. The van der Waals surface area contributed by atoms with Crippen LogP contribution in [0.1, 0.15) is 38.8 Å². The van der Waals surface area contributed by atoms with Crippen molar-refractivity contribution in [2.24, 2.45) is 0 Å². The van der Waals surface area contributed by atoms with E-state index >= 15 is 0 Å². The smallest absolute Gasteiger partial charge is 0.264 e. The van der Waals surface area contributed by atoms with Crippen molar-refractivity contribution in [2.45, 2.75) is 38.8 Å². The molecule has 0 bridgehead atoms. The molecule has 0 aromatic carbocycles. The van der Waals surface area contributed by atoms with Crippen LogP contribution < -0.4 is 5.32 Å². The molecule has 1 unspecified atom stereocenters. The van der Waals surface area contributed by atoms with Gasteiger partial charge in [0, 0.05) is 17.6 Å². The number of carbonyl (C=O) groups excluding carboxylic acids is 2. The number of nitrogens with zero attached hydrogens (tertiary/aromatic N) is 2. The quantitative estimate of drug-likeness (QED) is 0.923. The molecule has 0 aliphatic carbocycles. The number of rotatable bonds is 4. The Hall–Kier alpha value is -1.73. The minimum absolute atomic E-state index is 0.0371. The van der Waals surface area contributed by atoms with Crippen LogP contribution in [0.5, 0.6) is 0 Å². The number of carbonyl (C=O) groups is 2. The maximum absolute atomic E-state index is 12.6. The fraction of sp³-hybridized carbons (Fsp3) is 0.438. The highest BCUT2D eigenvalue weighted by Crippen LogP contribution is 2.22. The van der Waals surface area contributed by atoms with Gasteiger partial charge in [0.25, 0.3) is 5.91 Å². The van der Waals surface area contributed by atoms with E-state index in [-0.39, 0.29) is 17.9 Å². The van der Waals surface area contributed by atoms with Gasteiger partial charge in [-0.25, -0.2) is 4.98 Å². The number of amides is 2. The second-order valence-electron chi connectivity index (χ2n) is 5.57. The zero-order chi connectivity index (χ0) is 16.2. The summed E-state index contributed by atoms with van der Waals surface area (Å²) in [5.41, 5.74) is 0. The summed E-state index contributed by atoms with van der Waals surface area (Å²) in [6.07, 6.45) is 4.45. The Balaban J connectivity index is 1.65. The van der Waals surface area contributed by atoms with Crippen LogP contribution in [0.3, 0.4) is 0 Å². The van der Waals surface area contributed by atoms with Crippen molar-refractivity contribution >= 4 is 34.5 Å². The van der Waals surface area contributed by atoms with Crippen molar-refractivity contribution in [1.82, 2.24) is 15.2 Å². The minimum atomic E-state index is -0.376. The van der Waals surface area contributed by atoms with Crippen molar-refractivity contribution in [3.63, 3.8) is 0 Å². The van der Waals surface area contributed by atoms with Crippen molar-refractivity contribution in [1.29, 1.82) is 0 Å². The molecule has 0 saturated carbocycles. The average Bonchev–Trinajstić information content (AvgIpc) is 3.23. The molecule has 3 heterocycles. The minimum Gasteiger partial charge on any atom is -0.348 e. The number of thiophene rings is 1. The zero-order valence-corrected chi connectivity index (χ0v) is 14.6. The van der Waals surface area contributed by atoms with Crippen LogP contribution >= 0.6 is 22.7 Å². The van der Waals surface area contributed by atoms with Gasteiger partial charge in [-0.2, -0.15) is 0 Å². The maximum atomic E-state index is 12.6. The Morgan fingerprint density at radius 2 is 2.30 bits per heavy atom. The highest BCUT2D eigenvalue weighted by Gasteiger charge is 2.32. The Labute approximate surface area is 143 Å². The van der Waals surface area contributed by atoms with E-state index in [1.807, 2.05) is 24.4 Å². The summed E-state index contributed by atoms with van der Waals surface area (Å²) in [7, 11) is 0. The normalized spacial score (nSPS) is 18.0. The number of nitrogens with one attached hydrogen (secondary N) is 1. The Bertz CT molecular complexity index is 681. The number of thiazole rings is 1. The molecule has 1 aliphatic rings. The second kappa shape index (κ2) is 7.23. The van der Waals surface area contributed by atoms with Gasteiger partial charge in [-0.15, -0.1) is 22.7 Å². The van der Waals surface area contributed by atoms with Crippen LogP contribution in [-0.2, 0) is 11.3 Å². The van der Waals surface area contributed by atoms with Gasteiger partial charge in [-0.05, 0) is 37.6 Å². The molecule has 3 rings (SSSR count). The van der Waals surface area contributed by atoms with Gasteiger partial charge in [0.1, 0.15) is 11.0 Å². The van der Waals surface area contributed by atoms with Crippen molar-refractivity contribution < 1.29 is 9.59 Å². The van der Waals surface area contributed by atoms with Crippen molar-refractivity contribution in [3.05, 3.63) is 38.5 Å². The molecule has 1 saturated heterocycles. The first-order valence-electron chi connectivity index (χ1n) is 7.68. The molecule has 1 fully saturated rings. The standard InChI is InChI=1S/C16H19N3O2S2/c1-11-9-17-14(23-11)10-18-15(20)12-5-2-3-7-19(12)16(21)13-6-4-8-22-13/h4,6,8-9,12H,2-3,5,7,10H2,1H3,(H,18,20). The molecule has 0 radical (unpaired) electrons. The number of hydrogen-bond donors (Lipinski definition) is 1. The topological polar surface area (TPSA) is 62.3 Å². The molecule has 1 aliphatic heterocycles. The van der Waals surface area contributed by atoms with Crippen molar-refractivity contribution in [2.75, 3.05) is 6.54 Å². The first-order valence-corrected chi connectivity index (χ1v) is 9.38. The van der Waals surface area contributed by atoms with E-state index < -0.39 is 0 Å². The lowest BCUT2D eigenvalue weighted by molar-refractivity contribution is -0.126. The number of aryl methyl sites for hydroxylation is 1. The second-order valence-corrected chi connectivity index (χ2v) is 7.84. The van der Waals surface area contributed by atoms with Crippen LogP contribution in [0, 0.1) is 6.92 Å². The molecule has 23 heavy (non-hydrogen) atoms. The molecule has 1 N–H and O–H groups in total. The van der Waals surface area contributed by atoms with E-state index in [9.17, 15) is 9.59 Å². The predicted octanol–water partition coefficient (Wildman–Crippen LogP) is 2.82. The van der Waals surface area contributed by atoms with Gasteiger partial charge < -0.3 is 10.2 Å². The van der Waals surface area contributed by atoms with Gasteiger partial charge in [0.2, 0.25) is 5.91 Å². The SMILES string of the molecule is Cc1cnc(CNC(=O)C2CCCCN2C(=O)c2cccs2)s1. The molecule has 7 heteroatoms. The lowest BCUT2D eigenvalue weighted by atomic mass is 10.0. The Morgan fingerprint density at radius 3 is 3.00 bits per heavy atom. The first-order chi connectivity index (χ1) is 11.1. The van der Waals surface area contributed by atoms with Crippen LogP contribution in [0.4, 0.5) is 0 Å². The highest BCUT2D eigenvalue weighted by atomic mass is 32.1. The Morgan fingerprint density at radius 1 is 1.43 bits per heavy atom. The summed E-state index contributed by atoms with van der Waals surface area (Å²) in [5.74, 6) is -0.118. The summed E-state index contributed by atoms with van der Waals surface area (Å²) >= 11 is 3.00. The molecular formula is C16H19N3O2S2. The molecule has 1 atom stereocenters. The van der Waals surface area contributed by atoms with Gasteiger partial charge >= 0.3 is 0 Å². The molecule has 122 valence electrons. The summed E-state index contributed by atoms with van der Waals surface area (Å²) in [5, 5.41) is 5.71. The molecule has 2 amide bonds.